The Hall–Kier alpha value is -2.51. The highest BCUT2D eigenvalue weighted by Gasteiger charge is 2.26. The number of nitrogens with two attached hydrogens (primary N) is 1. The number of rotatable bonds is 3. The predicted molar refractivity (Wildman–Crippen MR) is 67.0 cm³/mol. The lowest BCUT2D eigenvalue weighted by Gasteiger charge is -2.21. The molecule has 2 amide bonds. The van der Waals surface area contributed by atoms with Crippen molar-refractivity contribution >= 4 is 6.03 Å². The Bertz CT molecular complexity index is 653. The number of urea groups is 1. The molecule has 8 heteroatoms. The van der Waals surface area contributed by atoms with Crippen LogP contribution < -0.4 is 11.1 Å². The van der Waals surface area contributed by atoms with E-state index in [0.717, 1.165) is 10.7 Å². The minimum atomic E-state index is -1.02. The molecule has 0 aliphatic heterocycles. The number of hydrogen-bond acceptors (Lipinski definition) is 3. The number of halogens is 2. The van der Waals surface area contributed by atoms with Gasteiger partial charge < -0.3 is 11.1 Å². The zero-order valence-electron chi connectivity index (χ0n) is 10.9. The van der Waals surface area contributed by atoms with Gasteiger partial charge in [-0.1, -0.05) is 11.3 Å². The first-order valence-corrected chi connectivity index (χ1v) is 5.76. The predicted octanol–water partition coefficient (Wildman–Crippen LogP) is 1.45. The van der Waals surface area contributed by atoms with E-state index >= 15 is 0 Å². The van der Waals surface area contributed by atoms with Crippen LogP contribution in [0, 0.1) is 11.6 Å². The highest BCUT2D eigenvalue weighted by molar-refractivity contribution is 5.72. The SMILES string of the molecule is CC(C)(NC(N)=O)c1cn(-c2cccc(F)c2F)nn1. The number of amides is 2. The number of benzene rings is 1. The lowest BCUT2D eigenvalue weighted by Crippen LogP contribution is -2.44. The molecule has 106 valence electrons. The topological polar surface area (TPSA) is 85.8 Å². The molecule has 0 saturated carbocycles. The Morgan fingerprint density at radius 2 is 2.10 bits per heavy atom. The fraction of sp³-hybridized carbons (Fsp3) is 0.250. The average Bonchev–Trinajstić information content (AvgIpc) is 2.81. The Morgan fingerprint density at radius 1 is 1.40 bits per heavy atom. The van der Waals surface area contributed by atoms with Gasteiger partial charge in [0.05, 0.1) is 11.7 Å². The highest BCUT2D eigenvalue weighted by Crippen LogP contribution is 2.20. The van der Waals surface area contributed by atoms with Crippen LogP contribution in [0.2, 0.25) is 0 Å². The molecule has 1 heterocycles. The van der Waals surface area contributed by atoms with E-state index in [2.05, 4.69) is 15.6 Å². The van der Waals surface area contributed by atoms with Crippen LogP contribution in [-0.4, -0.2) is 21.0 Å². The maximum Gasteiger partial charge on any atom is 0.312 e. The minimum absolute atomic E-state index is 0.0707. The van der Waals surface area contributed by atoms with Gasteiger partial charge >= 0.3 is 6.03 Å². The lowest BCUT2D eigenvalue weighted by molar-refractivity contribution is 0.238. The van der Waals surface area contributed by atoms with Crippen LogP contribution in [0.25, 0.3) is 5.69 Å². The summed E-state index contributed by atoms with van der Waals surface area (Å²) in [7, 11) is 0. The second kappa shape index (κ2) is 4.87. The molecule has 0 aliphatic carbocycles. The van der Waals surface area contributed by atoms with Crippen LogP contribution in [0.3, 0.4) is 0 Å². The molecule has 1 aromatic heterocycles. The summed E-state index contributed by atoms with van der Waals surface area (Å²) in [6, 6.07) is 3.02. The molecule has 20 heavy (non-hydrogen) atoms. The van der Waals surface area contributed by atoms with Gasteiger partial charge in [-0.2, -0.15) is 0 Å². The summed E-state index contributed by atoms with van der Waals surface area (Å²) >= 11 is 0. The van der Waals surface area contributed by atoms with E-state index in [1.165, 1.54) is 18.3 Å². The summed E-state index contributed by atoms with van der Waals surface area (Å²) in [4.78, 5) is 10.9. The van der Waals surface area contributed by atoms with E-state index in [4.69, 9.17) is 5.73 Å². The molecular weight excluding hydrogens is 268 g/mol. The van der Waals surface area contributed by atoms with Crippen molar-refractivity contribution in [1.29, 1.82) is 0 Å². The van der Waals surface area contributed by atoms with Gasteiger partial charge in [0.1, 0.15) is 11.4 Å². The van der Waals surface area contributed by atoms with Crippen molar-refractivity contribution in [3.8, 4) is 5.69 Å². The summed E-state index contributed by atoms with van der Waals surface area (Å²) in [5.41, 5.74) is 4.47. The second-order valence-corrected chi connectivity index (χ2v) is 4.74. The molecule has 0 unspecified atom stereocenters. The molecule has 2 rings (SSSR count). The molecule has 0 aliphatic rings. The number of carbonyl (C=O) groups excluding carboxylic acids is 1. The molecule has 6 nitrogen and oxygen atoms in total. The summed E-state index contributed by atoms with van der Waals surface area (Å²) in [6.45, 7) is 3.32. The third-order valence-corrected chi connectivity index (χ3v) is 2.75. The molecule has 1 aromatic carbocycles. The number of primary amides is 1. The first kappa shape index (κ1) is 13.9. The Labute approximate surface area is 113 Å². The van der Waals surface area contributed by atoms with E-state index < -0.39 is 23.2 Å². The third-order valence-electron chi connectivity index (χ3n) is 2.75. The number of carbonyl (C=O) groups is 1. The summed E-state index contributed by atoms with van der Waals surface area (Å²) in [5, 5.41) is 10.1. The number of nitrogens with zero attached hydrogens (tertiary/aromatic N) is 3. The van der Waals surface area contributed by atoms with Crippen molar-refractivity contribution in [2.75, 3.05) is 0 Å². The van der Waals surface area contributed by atoms with Crippen molar-refractivity contribution < 1.29 is 13.6 Å². The molecular formula is C12H13F2N5O. The van der Waals surface area contributed by atoms with Crippen LogP contribution in [0.1, 0.15) is 19.5 Å². The monoisotopic (exact) mass is 281 g/mol. The van der Waals surface area contributed by atoms with E-state index in [-0.39, 0.29) is 5.69 Å². The van der Waals surface area contributed by atoms with Gasteiger partial charge in [0.15, 0.2) is 11.6 Å². The zero-order valence-corrected chi connectivity index (χ0v) is 10.9. The summed E-state index contributed by atoms with van der Waals surface area (Å²) in [6.07, 6.45) is 1.40. The van der Waals surface area contributed by atoms with Crippen LogP contribution in [0.5, 0.6) is 0 Å². The number of nitrogens with one attached hydrogen (secondary N) is 1. The van der Waals surface area contributed by atoms with Crippen LogP contribution in [-0.2, 0) is 5.54 Å². The summed E-state index contributed by atoms with van der Waals surface area (Å²) < 4.78 is 27.9. The first-order valence-electron chi connectivity index (χ1n) is 5.76. The number of aromatic nitrogens is 3. The number of hydrogen-bond donors (Lipinski definition) is 2. The van der Waals surface area contributed by atoms with Gasteiger partial charge in [0.2, 0.25) is 0 Å². The van der Waals surface area contributed by atoms with E-state index in [0.29, 0.717) is 5.69 Å². The largest absolute Gasteiger partial charge is 0.352 e. The average molecular weight is 281 g/mol. The van der Waals surface area contributed by atoms with Gasteiger partial charge in [-0.15, -0.1) is 5.10 Å². The second-order valence-electron chi connectivity index (χ2n) is 4.74. The highest BCUT2D eigenvalue weighted by atomic mass is 19.2. The third kappa shape index (κ3) is 2.58. The fourth-order valence-corrected chi connectivity index (χ4v) is 1.71. The van der Waals surface area contributed by atoms with Crippen molar-refractivity contribution in [3.63, 3.8) is 0 Å². The minimum Gasteiger partial charge on any atom is -0.352 e. The summed E-state index contributed by atoms with van der Waals surface area (Å²) in [5.74, 6) is -2.00. The van der Waals surface area contributed by atoms with Gasteiger partial charge in [0, 0.05) is 0 Å². The van der Waals surface area contributed by atoms with Crippen LogP contribution in [0.15, 0.2) is 24.4 Å². The van der Waals surface area contributed by atoms with Gasteiger partial charge in [-0.25, -0.2) is 18.3 Å². The van der Waals surface area contributed by atoms with Gasteiger partial charge in [-0.3, -0.25) is 0 Å². The normalized spacial score (nSPS) is 11.4. The maximum atomic E-state index is 13.6. The molecule has 0 atom stereocenters. The van der Waals surface area contributed by atoms with E-state index in [1.807, 2.05) is 0 Å². The van der Waals surface area contributed by atoms with E-state index in [9.17, 15) is 13.6 Å². The first-order chi connectivity index (χ1) is 9.31. The Balaban J connectivity index is 2.38. The van der Waals surface area contributed by atoms with Crippen LogP contribution >= 0.6 is 0 Å². The molecule has 3 N–H and O–H groups in total. The Kier molecular flexibility index (Phi) is 3.39. The van der Waals surface area contributed by atoms with Crippen molar-refractivity contribution in [1.82, 2.24) is 20.3 Å². The molecule has 0 saturated heterocycles. The molecule has 2 aromatic rings. The molecule has 0 fully saturated rings. The van der Waals surface area contributed by atoms with Crippen molar-refractivity contribution in [3.05, 3.63) is 41.7 Å². The quantitative estimate of drug-likeness (QED) is 0.892. The van der Waals surface area contributed by atoms with Crippen molar-refractivity contribution in [2.45, 2.75) is 19.4 Å². The Morgan fingerprint density at radius 3 is 2.75 bits per heavy atom. The fourth-order valence-electron chi connectivity index (χ4n) is 1.71. The smallest absolute Gasteiger partial charge is 0.312 e. The van der Waals surface area contributed by atoms with Crippen molar-refractivity contribution in [2.24, 2.45) is 5.73 Å². The van der Waals surface area contributed by atoms with Crippen LogP contribution in [0.4, 0.5) is 13.6 Å². The maximum absolute atomic E-state index is 13.6. The molecule has 0 spiro atoms. The standard InChI is InChI=1S/C12H13F2N5O/c1-12(2,16-11(15)20)9-6-19(18-17-9)8-5-3-4-7(13)10(8)14/h3-6H,1-2H3,(H3,15,16,20). The lowest BCUT2D eigenvalue weighted by atomic mass is 10.0. The van der Waals surface area contributed by atoms with E-state index in [1.54, 1.807) is 13.8 Å². The molecule has 0 bridgehead atoms. The van der Waals surface area contributed by atoms with Gasteiger partial charge in [0.25, 0.3) is 0 Å². The van der Waals surface area contributed by atoms with Gasteiger partial charge in [-0.05, 0) is 26.0 Å². The molecule has 0 radical (unpaired) electrons. The zero-order chi connectivity index (χ0) is 14.9.